The molecule has 0 bridgehead atoms. The van der Waals surface area contributed by atoms with Crippen molar-refractivity contribution < 1.29 is 76.2 Å². The second-order valence-corrected chi connectivity index (χ2v) is 10.1. The average molecular weight is 619 g/mol. The fraction of sp³-hybridized carbons (Fsp3) is 0.741. The molecule has 1 aliphatic heterocycles. The van der Waals surface area contributed by atoms with Crippen LogP contribution in [-0.4, -0.2) is 104 Å². The van der Waals surface area contributed by atoms with E-state index >= 15 is 0 Å². The molecular weight excluding hydrogens is 580 g/mol. The van der Waals surface area contributed by atoms with Gasteiger partial charge in [0.25, 0.3) is 0 Å². The van der Waals surface area contributed by atoms with Crippen LogP contribution in [-0.2, 0) is 76.2 Å². The fourth-order valence-corrected chi connectivity index (χ4v) is 4.91. The molecule has 43 heavy (non-hydrogen) atoms. The van der Waals surface area contributed by atoms with Crippen molar-refractivity contribution in [1.82, 2.24) is 0 Å². The Labute approximate surface area is 247 Å². The zero-order valence-electron chi connectivity index (χ0n) is 25.1. The van der Waals surface area contributed by atoms with Crippen molar-refractivity contribution in [3.05, 3.63) is 0 Å². The van der Waals surface area contributed by atoms with Crippen LogP contribution >= 0.6 is 0 Å². The Hall–Kier alpha value is -3.79. The Morgan fingerprint density at radius 2 is 0.953 bits per heavy atom. The molecule has 2 aliphatic rings. The summed E-state index contributed by atoms with van der Waals surface area (Å²) >= 11 is 0. The molecule has 1 aliphatic carbocycles. The highest BCUT2D eigenvalue weighted by atomic mass is 16.7. The van der Waals surface area contributed by atoms with Crippen LogP contribution in [0.25, 0.3) is 0 Å². The monoisotopic (exact) mass is 618 g/mol. The highest BCUT2D eigenvalue weighted by Gasteiger charge is 2.55. The molecule has 0 amide bonds. The maximum absolute atomic E-state index is 12.2. The van der Waals surface area contributed by atoms with E-state index in [0.717, 1.165) is 41.5 Å². The Bertz CT molecular complexity index is 1060. The van der Waals surface area contributed by atoms with Crippen molar-refractivity contribution >= 4 is 41.8 Å². The molecule has 0 aromatic rings. The van der Waals surface area contributed by atoms with E-state index in [1.165, 1.54) is 6.92 Å². The molecule has 0 aromatic carbocycles. The Morgan fingerprint density at radius 3 is 1.47 bits per heavy atom. The first-order chi connectivity index (χ1) is 20.1. The van der Waals surface area contributed by atoms with E-state index < -0.39 is 103 Å². The van der Waals surface area contributed by atoms with Crippen molar-refractivity contribution in [1.29, 1.82) is 0 Å². The van der Waals surface area contributed by atoms with Gasteiger partial charge in [-0.3, -0.25) is 33.6 Å². The second kappa shape index (κ2) is 16.2. The minimum atomic E-state index is -1.59. The van der Waals surface area contributed by atoms with E-state index in [4.69, 9.17) is 42.6 Å². The minimum Gasteiger partial charge on any atom is -0.466 e. The summed E-state index contributed by atoms with van der Waals surface area (Å²) in [5, 5.41) is 0. The van der Waals surface area contributed by atoms with E-state index in [-0.39, 0.29) is 19.4 Å². The summed E-state index contributed by atoms with van der Waals surface area (Å²) in [6.07, 6.45) is -10.5. The minimum absolute atomic E-state index is 0.0792. The quantitative estimate of drug-likeness (QED) is 0.225. The molecule has 0 unspecified atom stereocenters. The van der Waals surface area contributed by atoms with Gasteiger partial charge in [-0.15, -0.1) is 0 Å². The van der Waals surface area contributed by atoms with Crippen LogP contribution in [0, 0.1) is 5.92 Å². The summed E-state index contributed by atoms with van der Waals surface area (Å²) in [5.74, 6) is -5.59. The number of ether oxygens (including phenoxy) is 9. The number of esters is 7. The number of hydrogen-bond donors (Lipinski definition) is 0. The van der Waals surface area contributed by atoms with Gasteiger partial charge in [-0.25, -0.2) is 0 Å². The van der Waals surface area contributed by atoms with Gasteiger partial charge in [0.15, 0.2) is 30.7 Å². The standard InChI is InChI=1S/C27H38O16/c1-12(28)35-10-19-8-20(37-14(3)30)23(38-15(4)31)21(9-19)42-27-26(41-18(7)34)25(40-17(6)33)24(39-16(5)32)22(43-27)11-36-13(2)29/h19-27H,8-11H2,1-7H3/t19-,20+,21-,22-,23-,24-,25+,26-,27-/m1/s1. The number of carbonyl (C=O) groups excluding carboxylic acids is 7. The van der Waals surface area contributed by atoms with Gasteiger partial charge in [0.1, 0.15) is 24.9 Å². The van der Waals surface area contributed by atoms with Gasteiger partial charge >= 0.3 is 41.8 Å². The van der Waals surface area contributed by atoms with Gasteiger partial charge in [-0.1, -0.05) is 0 Å². The van der Waals surface area contributed by atoms with Gasteiger partial charge in [0.05, 0.1) is 6.61 Å². The van der Waals surface area contributed by atoms with Crippen molar-refractivity contribution in [2.45, 2.75) is 110 Å². The summed E-state index contributed by atoms with van der Waals surface area (Å²) in [6.45, 7) is 7.31. The fourth-order valence-electron chi connectivity index (χ4n) is 4.91. The Kier molecular flexibility index (Phi) is 13.3. The molecule has 16 heteroatoms. The summed E-state index contributed by atoms with van der Waals surface area (Å²) in [4.78, 5) is 83.3. The van der Waals surface area contributed by atoms with Crippen molar-refractivity contribution in [2.75, 3.05) is 13.2 Å². The molecule has 0 N–H and O–H groups in total. The first kappa shape index (κ1) is 35.4. The van der Waals surface area contributed by atoms with Gasteiger partial charge in [0.2, 0.25) is 0 Å². The molecule has 16 nitrogen and oxygen atoms in total. The molecule has 9 atom stereocenters. The highest BCUT2D eigenvalue weighted by molar-refractivity contribution is 5.69. The molecule has 2 fully saturated rings. The van der Waals surface area contributed by atoms with Crippen molar-refractivity contribution in [3.8, 4) is 0 Å². The topological polar surface area (TPSA) is 203 Å². The lowest BCUT2D eigenvalue weighted by molar-refractivity contribution is -0.327. The smallest absolute Gasteiger partial charge is 0.303 e. The largest absolute Gasteiger partial charge is 0.466 e. The third-order valence-corrected chi connectivity index (χ3v) is 6.26. The SMILES string of the molecule is CC(=O)OC[C@@H]1C[C@H](OC(C)=O)[C@@H](OC(C)=O)[C@H](O[C@@H]2O[C@H](COC(C)=O)[C@@H](OC(C)=O)[C@H](OC(C)=O)[C@H]2OC(C)=O)C1. The van der Waals surface area contributed by atoms with Gasteiger partial charge < -0.3 is 42.6 Å². The summed E-state index contributed by atoms with van der Waals surface area (Å²) in [7, 11) is 0. The van der Waals surface area contributed by atoms with E-state index in [1.807, 2.05) is 0 Å². The van der Waals surface area contributed by atoms with Crippen molar-refractivity contribution in [3.63, 3.8) is 0 Å². The summed E-state index contributed by atoms with van der Waals surface area (Å²) in [5.41, 5.74) is 0. The molecule has 2 rings (SSSR count). The molecule has 242 valence electrons. The van der Waals surface area contributed by atoms with Crippen LogP contribution in [0.4, 0.5) is 0 Å². The first-order valence-electron chi connectivity index (χ1n) is 13.5. The Balaban J connectivity index is 2.56. The van der Waals surface area contributed by atoms with E-state index in [0.29, 0.717) is 0 Å². The molecule has 1 saturated carbocycles. The third-order valence-electron chi connectivity index (χ3n) is 6.26. The molecule has 0 aromatic heterocycles. The van der Waals surface area contributed by atoms with Gasteiger partial charge in [-0.05, 0) is 18.8 Å². The average Bonchev–Trinajstić information content (AvgIpc) is 2.85. The number of hydrogen-bond acceptors (Lipinski definition) is 16. The van der Waals surface area contributed by atoms with Crippen LogP contribution < -0.4 is 0 Å². The third kappa shape index (κ3) is 11.4. The van der Waals surface area contributed by atoms with Crippen molar-refractivity contribution in [2.24, 2.45) is 5.92 Å². The van der Waals surface area contributed by atoms with Crippen LogP contribution in [0.1, 0.15) is 61.3 Å². The predicted octanol–water partition coefficient (Wildman–Crippen LogP) is 0.291. The Morgan fingerprint density at radius 1 is 0.512 bits per heavy atom. The molecule has 0 spiro atoms. The van der Waals surface area contributed by atoms with E-state index in [1.54, 1.807) is 0 Å². The molecular formula is C27H38O16. The molecule has 1 heterocycles. The lowest BCUT2D eigenvalue weighted by Crippen LogP contribution is -2.64. The van der Waals surface area contributed by atoms with Gasteiger partial charge in [0, 0.05) is 48.5 Å². The maximum atomic E-state index is 12.2. The van der Waals surface area contributed by atoms with E-state index in [9.17, 15) is 33.6 Å². The van der Waals surface area contributed by atoms with Crippen LogP contribution in [0.3, 0.4) is 0 Å². The zero-order chi connectivity index (χ0) is 32.4. The number of rotatable bonds is 11. The zero-order valence-corrected chi connectivity index (χ0v) is 25.1. The summed E-state index contributed by atoms with van der Waals surface area (Å²) < 4.78 is 49.6. The summed E-state index contributed by atoms with van der Waals surface area (Å²) in [6, 6.07) is 0. The normalized spacial score (nSPS) is 30.2. The highest BCUT2D eigenvalue weighted by Crippen LogP contribution is 2.36. The lowest BCUT2D eigenvalue weighted by Gasteiger charge is -2.47. The maximum Gasteiger partial charge on any atom is 0.303 e. The molecule has 0 radical (unpaired) electrons. The predicted molar refractivity (Wildman–Crippen MR) is 137 cm³/mol. The lowest BCUT2D eigenvalue weighted by atomic mass is 9.83. The second-order valence-electron chi connectivity index (χ2n) is 10.1. The van der Waals surface area contributed by atoms with Crippen LogP contribution in [0.15, 0.2) is 0 Å². The number of carbonyl (C=O) groups is 7. The van der Waals surface area contributed by atoms with E-state index in [2.05, 4.69) is 0 Å². The van der Waals surface area contributed by atoms with Gasteiger partial charge in [-0.2, -0.15) is 0 Å². The van der Waals surface area contributed by atoms with Crippen LogP contribution in [0.2, 0.25) is 0 Å². The molecule has 1 saturated heterocycles. The first-order valence-corrected chi connectivity index (χ1v) is 13.5. The van der Waals surface area contributed by atoms with Crippen LogP contribution in [0.5, 0.6) is 0 Å².